The van der Waals surface area contributed by atoms with Gasteiger partial charge in [0.1, 0.15) is 4.88 Å². The van der Waals surface area contributed by atoms with Crippen LogP contribution in [0.3, 0.4) is 0 Å². The highest BCUT2D eigenvalue weighted by Crippen LogP contribution is 2.34. The second kappa shape index (κ2) is 7.98. The summed E-state index contributed by atoms with van der Waals surface area (Å²) in [4.78, 5) is 29.4. The van der Waals surface area contributed by atoms with Crippen molar-refractivity contribution in [2.24, 2.45) is 0 Å². The number of amides is 3. The van der Waals surface area contributed by atoms with Crippen molar-refractivity contribution in [1.29, 1.82) is 0 Å². The van der Waals surface area contributed by atoms with E-state index in [1.54, 1.807) is 49.4 Å². The third kappa shape index (κ3) is 4.41. The summed E-state index contributed by atoms with van der Waals surface area (Å²) >= 11 is 6.91. The summed E-state index contributed by atoms with van der Waals surface area (Å²) in [6.07, 6.45) is 0. The highest BCUT2D eigenvalue weighted by atomic mass is 35.5. The van der Waals surface area contributed by atoms with Crippen molar-refractivity contribution in [3.05, 3.63) is 58.1 Å². The van der Waals surface area contributed by atoms with Gasteiger partial charge in [-0.05, 0) is 43.3 Å². The fourth-order valence-corrected chi connectivity index (χ4v) is 3.60. The van der Waals surface area contributed by atoms with Crippen LogP contribution in [0.2, 0.25) is 5.02 Å². The molecule has 10 heteroatoms. The molecule has 8 nitrogen and oxygen atoms in total. The van der Waals surface area contributed by atoms with E-state index in [-0.39, 0.29) is 12.7 Å². The SMILES string of the molecule is Cc1nc(NC(=O)Nc2ccc(Cl)cc2)sc1C(=O)Nc1ccc2c(c1)OCO2. The Balaban J connectivity index is 1.41. The van der Waals surface area contributed by atoms with E-state index < -0.39 is 6.03 Å². The number of ether oxygens (including phenoxy) is 2. The summed E-state index contributed by atoms with van der Waals surface area (Å²) in [5.74, 6) is 0.880. The topological polar surface area (TPSA) is 102 Å². The number of nitrogens with one attached hydrogen (secondary N) is 3. The van der Waals surface area contributed by atoms with Crippen molar-refractivity contribution in [3.63, 3.8) is 0 Å². The number of aryl methyl sites for hydroxylation is 1. The monoisotopic (exact) mass is 430 g/mol. The zero-order valence-electron chi connectivity index (χ0n) is 15.1. The van der Waals surface area contributed by atoms with E-state index in [2.05, 4.69) is 20.9 Å². The second-order valence-electron chi connectivity index (χ2n) is 6.04. The molecule has 3 amide bonds. The Morgan fingerprint density at radius 1 is 1.00 bits per heavy atom. The lowest BCUT2D eigenvalue weighted by molar-refractivity contribution is 0.103. The molecule has 2 heterocycles. The zero-order chi connectivity index (χ0) is 20.4. The van der Waals surface area contributed by atoms with Gasteiger partial charge in [0, 0.05) is 22.5 Å². The number of halogens is 1. The number of aromatic nitrogens is 1. The molecule has 0 spiro atoms. The Morgan fingerprint density at radius 3 is 2.52 bits per heavy atom. The molecule has 0 fully saturated rings. The van der Waals surface area contributed by atoms with Crippen LogP contribution in [-0.2, 0) is 0 Å². The van der Waals surface area contributed by atoms with Crippen molar-refractivity contribution in [2.45, 2.75) is 6.92 Å². The number of benzene rings is 2. The van der Waals surface area contributed by atoms with Gasteiger partial charge in [0.15, 0.2) is 16.6 Å². The normalized spacial score (nSPS) is 11.8. The Hall–Kier alpha value is -3.30. The molecule has 0 saturated carbocycles. The van der Waals surface area contributed by atoms with Crippen LogP contribution in [0, 0.1) is 6.92 Å². The molecule has 1 aliphatic heterocycles. The van der Waals surface area contributed by atoms with Gasteiger partial charge in [-0.1, -0.05) is 22.9 Å². The maximum atomic E-state index is 12.6. The highest BCUT2D eigenvalue weighted by Gasteiger charge is 2.19. The van der Waals surface area contributed by atoms with Gasteiger partial charge in [-0.25, -0.2) is 9.78 Å². The van der Waals surface area contributed by atoms with E-state index in [0.29, 0.717) is 43.6 Å². The van der Waals surface area contributed by atoms with E-state index in [0.717, 1.165) is 11.3 Å². The maximum absolute atomic E-state index is 12.6. The average Bonchev–Trinajstić information content (AvgIpc) is 3.29. The van der Waals surface area contributed by atoms with Crippen LogP contribution in [0.25, 0.3) is 0 Å². The molecular weight excluding hydrogens is 416 g/mol. The molecule has 3 N–H and O–H groups in total. The highest BCUT2D eigenvalue weighted by molar-refractivity contribution is 7.17. The van der Waals surface area contributed by atoms with E-state index in [9.17, 15) is 9.59 Å². The molecule has 148 valence electrons. The number of hydrogen-bond donors (Lipinski definition) is 3. The number of anilines is 3. The van der Waals surface area contributed by atoms with Gasteiger partial charge in [-0.3, -0.25) is 10.1 Å². The van der Waals surface area contributed by atoms with E-state index in [1.165, 1.54) is 0 Å². The lowest BCUT2D eigenvalue weighted by Gasteiger charge is -2.05. The Labute approximate surface area is 174 Å². The van der Waals surface area contributed by atoms with Crippen LogP contribution < -0.4 is 25.4 Å². The van der Waals surface area contributed by atoms with Gasteiger partial charge in [-0.2, -0.15) is 0 Å². The number of hydrogen-bond acceptors (Lipinski definition) is 6. The largest absolute Gasteiger partial charge is 0.454 e. The molecule has 29 heavy (non-hydrogen) atoms. The smallest absolute Gasteiger partial charge is 0.325 e. The predicted octanol–water partition coefficient (Wildman–Crippen LogP) is 4.73. The first kappa shape index (κ1) is 19.0. The molecule has 0 atom stereocenters. The first-order valence-corrected chi connectivity index (χ1v) is 9.69. The standard InChI is InChI=1S/C19H15ClN4O4S/c1-10-16(17(25)22-13-6-7-14-15(8-13)28-9-27-14)29-19(21-10)24-18(26)23-12-4-2-11(20)3-5-12/h2-8H,9H2,1H3,(H,22,25)(H2,21,23,24,26). The van der Waals surface area contributed by atoms with Crippen molar-refractivity contribution >= 4 is 51.4 Å². The Bertz CT molecular complexity index is 1080. The van der Waals surface area contributed by atoms with Crippen LogP contribution in [0.5, 0.6) is 11.5 Å². The molecule has 2 aromatic carbocycles. The van der Waals surface area contributed by atoms with Gasteiger partial charge in [-0.15, -0.1) is 0 Å². The second-order valence-corrected chi connectivity index (χ2v) is 7.48. The summed E-state index contributed by atoms with van der Waals surface area (Å²) < 4.78 is 10.6. The van der Waals surface area contributed by atoms with Crippen LogP contribution in [-0.4, -0.2) is 23.7 Å². The van der Waals surface area contributed by atoms with E-state index in [4.69, 9.17) is 21.1 Å². The van der Waals surface area contributed by atoms with Crippen molar-refractivity contribution < 1.29 is 19.1 Å². The van der Waals surface area contributed by atoms with Crippen LogP contribution in [0.1, 0.15) is 15.4 Å². The number of rotatable bonds is 4. The number of fused-ring (bicyclic) bond motifs is 1. The van der Waals surface area contributed by atoms with Crippen LogP contribution >= 0.6 is 22.9 Å². The number of urea groups is 1. The molecule has 4 rings (SSSR count). The zero-order valence-corrected chi connectivity index (χ0v) is 16.7. The first-order valence-electron chi connectivity index (χ1n) is 8.50. The number of carbonyl (C=O) groups excluding carboxylic acids is 2. The molecule has 0 radical (unpaired) electrons. The van der Waals surface area contributed by atoms with Crippen molar-refractivity contribution in [2.75, 3.05) is 22.7 Å². The molecular formula is C19H15ClN4O4S. The first-order chi connectivity index (χ1) is 14.0. The lowest BCUT2D eigenvalue weighted by Crippen LogP contribution is -2.19. The molecule has 1 aromatic heterocycles. The van der Waals surface area contributed by atoms with Gasteiger partial charge >= 0.3 is 6.03 Å². The number of carbonyl (C=O) groups is 2. The quantitative estimate of drug-likeness (QED) is 0.555. The third-order valence-electron chi connectivity index (χ3n) is 3.96. The predicted molar refractivity (Wildman–Crippen MR) is 111 cm³/mol. The number of nitrogens with zero attached hydrogens (tertiary/aromatic N) is 1. The van der Waals surface area contributed by atoms with Crippen LogP contribution in [0.4, 0.5) is 21.3 Å². The Kier molecular flexibility index (Phi) is 5.24. The third-order valence-corrected chi connectivity index (χ3v) is 5.28. The molecule has 1 aliphatic rings. The number of thiazole rings is 1. The minimum absolute atomic E-state index is 0.161. The minimum atomic E-state index is -0.469. The van der Waals surface area contributed by atoms with Gasteiger partial charge < -0.3 is 20.1 Å². The van der Waals surface area contributed by atoms with E-state index in [1.807, 2.05) is 0 Å². The molecule has 0 bridgehead atoms. The van der Waals surface area contributed by atoms with Crippen molar-refractivity contribution in [1.82, 2.24) is 4.98 Å². The lowest BCUT2D eigenvalue weighted by atomic mass is 10.2. The summed E-state index contributed by atoms with van der Waals surface area (Å²) in [5, 5.41) is 8.98. The molecule has 0 unspecified atom stereocenters. The van der Waals surface area contributed by atoms with E-state index >= 15 is 0 Å². The van der Waals surface area contributed by atoms with Gasteiger partial charge in [0.05, 0.1) is 5.69 Å². The molecule has 3 aromatic rings. The van der Waals surface area contributed by atoms with Crippen LogP contribution in [0.15, 0.2) is 42.5 Å². The van der Waals surface area contributed by atoms with Gasteiger partial charge in [0.25, 0.3) is 5.91 Å². The van der Waals surface area contributed by atoms with Crippen molar-refractivity contribution in [3.8, 4) is 11.5 Å². The minimum Gasteiger partial charge on any atom is -0.454 e. The Morgan fingerprint density at radius 2 is 1.72 bits per heavy atom. The molecule has 0 aliphatic carbocycles. The average molecular weight is 431 g/mol. The van der Waals surface area contributed by atoms with Gasteiger partial charge in [0.2, 0.25) is 6.79 Å². The molecule has 0 saturated heterocycles. The fourth-order valence-electron chi connectivity index (χ4n) is 2.62. The summed E-state index contributed by atoms with van der Waals surface area (Å²) in [7, 11) is 0. The summed E-state index contributed by atoms with van der Waals surface area (Å²) in [5.41, 5.74) is 1.66. The summed E-state index contributed by atoms with van der Waals surface area (Å²) in [6, 6.07) is 11.4. The maximum Gasteiger partial charge on any atom is 0.325 e. The fraction of sp³-hybridized carbons (Fsp3) is 0.105. The summed E-state index contributed by atoms with van der Waals surface area (Å²) in [6.45, 7) is 1.86.